The maximum absolute atomic E-state index is 12.0. The highest BCUT2D eigenvalue weighted by molar-refractivity contribution is 5.85. The Labute approximate surface area is 110 Å². The van der Waals surface area contributed by atoms with Gasteiger partial charge in [-0.05, 0) is 25.7 Å². The van der Waals surface area contributed by atoms with Crippen LogP contribution in [0.5, 0.6) is 0 Å². The van der Waals surface area contributed by atoms with Gasteiger partial charge in [0.1, 0.15) is 0 Å². The summed E-state index contributed by atoms with van der Waals surface area (Å²) < 4.78 is 0. The number of amides is 1. The zero-order valence-corrected chi connectivity index (χ0v) is 11.6. The summed E-state index contributed by atoms with van der Waals surface area (Å²) in [7, 11) is 1.94. The molecule has 0 unspecified atom stereocenters. The minimum atomic E-state index is 0. The third-order valence-electron chi connectivity index (χ3n) is 3.63. The molecule has 4 nitrogen and oxygen atoms in total. The molecule has 1 saturated carbocycles. The van der Waals surface area contributed by atoms with Crippen molar-refractivity contribution < 1.29 is 4.79 Å². The van der Waals surface area contributed by atoms with Gasteiger partial charge in [0, 0.05) is 39.3 Å². The van der Waals surface area contributed by atoms with Crippen molar-refractivity contribution in [1.82, 2.24) is 15.1 Å². The van der Waals surface area contributed by atoms with Gasteiger partial charge in [0.05, 0.1) is 6.54 Å². The molecule has 1 saturated heterocycles. The molecule has 2 fully saturated rings. The van der Waals surface area contributed by atoms with Crippen molar-refractivity contribution in [3.8, 4) is 0 Å². The van der Waals surface area contributed by atoms with Gasteiger partial charge in [0.2, 0.25) is 5.91 Å². The molecule has 0 bridgehead atoms. The van der Waals surface area contributed by atoms with E-state index in [0.717, 1.165) is 32.1 Å². The zero-order valence-electron chi connectivity index (χ0n) is 10.8. The number of carbonyl (C=O) groups is 1. The average molecular weight is 262 g/mol. The van der Waals surface area contributed by atoms with E-state index < -0.39 is 0 Å². The fourth-order valence-corrected chi connectivity index (χ4v) is 2.20. The molecule has 1 N–H and O–H groups in total. The molecule has 1 heterocycles. The van der Waals surface area contributed by atoms with Crippen LogP contribution in [0.2, 0.25) is 0 Å². The van der Waals surface area contributed by atoms with Crippen LogP contribution in [-0.2, 0) is 4.79 Å². The molecule has 0 aromatic rings. The lowest BCUT2D eigenvalue weighted by Gasteiger charge is -2.34. The second kappa shape index (κ2) is 6.57. The van der Waals surface area contributed by atoms with Crippen molar-refractivity contribution in [2.75, 3.05) is 39.8 Å². The highest BCUT2D eigenvalue weighted by Crippen LogP contribution is 2.29. The minimum absolute atomic E-state index is 0. The van der Waals surface area contributed by atoms with Crippen LogP contribution in [0, 0.1) is 5.92 Å². The molecule has 5 heteroatoms. The highest BCUT2D eigenvalue weighted by Gasteiger charge is 2.26. The molecule has 0 aromatic heterocycles. The molecular formula is C12H24ClN3O. The third-order valence-corrected chi connectivity index (χ3v) is 3.63. The lowest BCUT2D eigenvalue weighted by molar-refractivity contribution is -0.132. The van der Waals surface area contributed by atoms with Crippen molar-refractivity contribution >= 4 is 18.3 Å². The smallest absolute Gasteiger partial charge is 0.236 e. The SMILES string of the molecule is C[C@@H]1CNCCN1CC(=O)N(C)CC1CC1.Cl. The standard InChI is InChI=1S/C12H23N3O.ClH/c1-10-7-13-5-6-15(10)9-12(16)14(2)8-11-3-4-11;/h10-11,13H,3-9H2,1-2H3;1H/t10-;/m1./s1. The number of likely N-dealkylation sites (N-methyl/N-ethyl adjacent to an activating group) is 1. The first-order valence-corrected chi connectivity index (χ1v) is 6.35. The van der Waals surface area contributed by atoms with Gasteiger partial charge in [0.15, 0.2) is 0 Å². The van der Waals surface area contributed by atoms with Gasteiger partial charge in [-0.15, -0.1) is 12.4 Å². The van der Waals surface area contributed by atoms with Crippen molar-refractivity contribution in [2.45, 2.75) is 25.8 Å². The largest absolute Gasteiger partial charge is 0.344 e. The minimum Gasteiger partial charge on any atom is -0.344 e. The Morgan fingerprint density at radius 1 is 1.47 bits per heavy atom. The lowest BCUT2D eigenvalue weighted by atomic mass is 10.2. The molecular weight excluding hydrogens is 238 g/mol. The maximum Gasteiger partial charge on any atom is 0.236 e. The van der Waals surface area contributed by atoms with Crippen molar-refractivity contribution in [3.05, 3.63) is 0 Å². The van der Waals surface area contributed by atoms with Crippen molar-refractivity contribution in [3.63, 3.8) is 0 Å². The molecule has 0 spiro atoms. The molecule has 2 rings (SSSR count). The molecule has 100 valence electrons. The fourth-order valence-electron chi connectivity index (χ4n) is 2.20. The summed E-state index contributed by atoms with van der Waals surface area (Å²) in [6, 6.07) is 0.479. The molecule has 1 amide bonds. The van der Waals surface area contributed by atoms with E-state index in [1.54, 1.807) is 0 Å². The van der Waals surface area contributed by atoms with Gasteiger partial charge in [-0.2, -0.15) is 0 Å². The van der Waals surface area contributed by atoms with E-state index in [2.05, 4.69) is 17.1 Å². The zero-order chi connectivity index (χ0) is 11.5. The van der Waals surface area contributed by atoms with Crippen LogP contribution in [0.1, 0.15) is 19.8 Å². The predicted molar refractivity (Wildman–Crippen MR) is 71.5 cm³/mol. The number of nitrogens with zero attached hydrogens (tertiary/aromatic N) is 2. The number of piperazine rings is 1. The molecule has 0 radical (unpaired) electrons. The Kier molecular flexibility index (Phi) is 5.70. The van der Waals surface area contributed by atoms with Gasteiger partial charge in [-0.1, -0.05) is 0 Å². The van der Waals surface area contributed by atoms with E-state index in [1.807, 2.05) is 11.9 Å². The monoisotopic (exact) mass is 261 g/mol. The third kappa shape index (κ3) is 4.45. The molecule has 0 aromatic carbocycles. The second-order valence-corrected chi connectivity index (χ2v) is 5.24. The topological polar surface area (TPSA) is 35.6 Å². The Bertz CT molecular complexity index is 258. The first kappa shape index (κ1) is 14.7. The van der Waals surface area contributed by atoms with Gasteiger partial charge < -0.3 is 10.2 Å². The van der Waals surface area contributed by atoms with Crippen LogP contribution in [-0.4, -0.2) is 61.5 Å². The number of rotatable bonds is 4. The number of hydrogen-bond donors (Lipinski definition) is 1. The van der Waals surface area contributed by atoms with E-state index >= 15 is 0 Å². The van der Waals surface area contributed by atoms with Gasteiger partial charge in [0.25, 0.3) is 0 Å². The number of hydrogen-bond acceptors (Lipinski definition) is 3. The Hall–Kier alpha value is -0.320. The van der Waals surface area contributed by atoms with E-state index in [9.17, 15) is 4.79 Å². The van der Waals surface area contributed by atoms with Crippen molar-refractivity contribution in [2.24, 2.45) is 5.92 Å². The Morgan fingerprint density at radius 3 is 2.76 bits per heavy atom. The van der Waals surface area contributed by atoms with Crippen LogP contribution in [0.3, 0.4) is 0 Å². The summed E-state index contributed by atoms with van der Waals surface area (Å²) in [4.78, 5) is 16.2. The molecule has 1 atom stereocenters. The average Bonchev–Trinajstić information content (AvgIpc) is 3.05. The first-order valence-electron chi connectivity index (χ1n) is 6.35. The van der Waals surface area contributed by atoms with Crippen molar-refractivity contribution in [1.29, 1.82) is 0 Å². The maximum atomic E-state index is 12.0. The molecule has 1 aliphatic carbocycles. The second-order valence-electron chi connectivity index (χ2n) is 5.24. The lowest BCUT2D eigenvalue weighted by Crippen LogP contribution is -2.53. The van der Waals surface area contributed by atoms with Crippen LogP contribution in [0.15, 0.2) is 0 Å². The Morgan fingerprint density at radius 2 is 2.18 bits per heavy atom. The van der Waals surface area contributed by atoms with Gasteiger partial charge in [-0.3, -0.25) is 9.69 Å². The summed E-state index contributed by atoms with van der Waals surface area (Å²) in [6.45, 7) is 6.72. The fraction of sp³-hybridized carbons (Fsp3) is 0.917. The van der Waals surface area contributed by atoms with E-state index in [1.165, 1.54) is 12.8 Å². The summed E-state index contributed by atoms with van der Waals surface area (Å²) in [6.07, 6.45) is 2.61. The van der Waals surface area contributed by atoms with Crippen LogP contribution in [0.4, 0.5) is 0 Å². The molecule has 17 heavy (non-hydrogen) atoms. The van der Waals surface area contributed by atoms with E-state index in [0.29, 0.717) is 12.6 Å². The Balaban J connectivity index is 0.00000144. The van der Waals surface area contributed by atoms with E-state index in [-0.39, 0.29) is 18.3 Å². The van der Waals surface area contributed by atoms with Crippen LogP contribution >= 0.6 is 12.4 Å². The number of nitrogens with one attached hydrogen (secondary N) is 1. The number of carbonyl (C=O) groups excluding carboxylic acids is 1. The number of halogens is 1. The first-order chi connectivity index (χ1) is 7.66. The summed E-state index contributed by atoms with van der Waals surface area (Å²) in [5, 5.41) is 3.34. The summed E-state index contributed by atoms with van der Waals surface area (Å²) in [5.41, 5.74) is 0. The van der Waals surface area contributed by atoms with Gasteiger partial charge in [-0.25, -0.2) is 0 Å². The highest BCUT2D eigenvalue weighted by atomic mass is 35.5. The molecule has 2 aliphatic rings. The van der Waals surface area contributed by atoms with Crippen LogP contribution < -0.4 is 5.32 Å². The summed E-state index contributed by atoms with van der Waals surface area (Å²) >= 11 is 0. The van der Waals surface area contributed by atoms with Crippen LogP contribution in [0.25, 0.3) is 0 Å². The normalized spacial score (nSPS) is 25.2. The van der Waals surface area contributed by atoms with Gasteiger partial charge >= 0.3 is 0 Å². The predicted octanol–water partition coefficient (Wildman–Crippen LogP) is 0.570. The summed E-state index contributed by atoms with van der Waals surface area (Å²) in [5.74, 6) is 1.06. The quantitative estimate of drug-likeness (QED) is 0.804. The van der Waals surface area contributed by atoms with E-state index in [4.69, 9.17) is 0 Å². The molecule has 1 aliphatic heterocycles.